The van der Waals surface area contributed by atoms with Gasteiger partial charge >= 0.3 is 7.60 Å². The van der Waals surface area contributed by atoms with Gasteiger partial charge in [0.15, 0.2) is 6.35 Å². The number of benzene rings is 1. The number of nitro benzene ring substituents is 1. The van der Waals surface area contributed by atoms with Gasteiger partial charge in [0.25, 0.3) is 15.8 Å². The summed E-state index contributed by atoms with van der Waals surface area (Å²) in [5.41, 5.74) is -0.258. The Morgan fingerprint density at radius 2 is 1.54 bits per heavy atom. The SMILES string of the molecule is CC(C)OP(=O)(COS(=O)(=O)c1ccc([N+](=O)[O-])cc1)OC(C)C. The molecule has 0 amide bonds. The summed E-state index contributed by atoms with van der Waals surface area (Å²) < 4.78 is 51.9. The minimum atomic E-state index is -4.26. The second-order valence-corrected chi connectivity index (χ2v) is 8.89. The van der Waals surface area contributed by atoms with Crippen molar-refractivity contribution in [3.63, 3.8) is 0 Å². The first-order chi connectivity index (χ1) is 10.9. The van der Waals surface area contributed by atoms with Crippen molar-refractivity contribution >= 4 is 23.4 Å². The van der Waals surface area contributed by atoms with Crippen LogP contribution in [0.3, 0.4) is 0 Å². The average Bonchev–Trinajstić information content (AvgIpc) is 2.44. The molecule has 9 nitrogen and oxygen atoms in total. The van der Waals surface area contributed by atoms with Gasteiger partial charge in [0.1, 0.15) is 0 Å². The summed E-state index contributed by atoms with van der Waals surface area (Å²) in [6, 6.07) is 4.13. The van der Waals surface area contributed by atoms with Gasteiger partial charge in [-0.25, -0.2) is 0 Å². The minimum absolute atomic E-state index is 0.258. The molecule has 0 aliphatic carbocycles. The summed E-state index contributed by atoms with van der Waals surface area (Å²) in [5, 5.41) is 10.6. The van der Waals surface area contributed by atoms with E-state index in [2.05, 4.69) is 0 Å². The van der Waals surface area contributed by atoms with Crippen molar-refractivity contribution in [2.45, 2.75) is 44.8 Å². The lowest BCUT2D eigenvalue weighted by Gasteiger charge is -2.22. The van der Waals surface area contributed by atoms with Crippen molar-refractivity contribution in [1.82, 2.24) is 0 Å². The summed E-state index contributed by atoms with van der Waals surface area (Å²) in [7, 11) is -8.05. The van der Waals surface area contributed by atoms with E-state index in [1.165, 1.54) is 0 Å². The number of hydrogen-bond donors (Lipinski definition) is 0. The van der Waals surface area contributed by atoms with Crippen molar-refractivity contribution in [3.8, 4) is 0 Å². The zero-order chi connectivity index (χ0) is 18.5. The molecule has 11 heteroatoms. The van der Waals surface area contributed by atoms with Crippen LogP contribution in [0.4, 0.5) is 5.69 Å². The molecule has 24 heavy (non-hydrogen) atoms. The Balaban J connectivity index is 2.92. The van der Waals surface area contributed by atoms with Gasteiger partial charge in [-0.15, -0.1) is 0 Å². The Morgan fingerprint density at radius 1 is 1.08 bits per heavy atom. The van der Waals surface area contributed by atoms with Crippen LogP contribution in [0.5, 0.6) is 0 Å². The lowest BCUT2D eigenvalue weighted by Crippen LogP contribution is -2.14. The lowest BCUT2D eigenvalue weighted by molar-refractivity contribution is -0.384. The van der Waals surface area contributed by atoms with E-state index in [0.29, 0.717) is 0 Å². The first-order valence-electron chi connectivity index (χ1n) is 7.05. The molecule has 0 N–H and O–H groups in total. The van der Waals surface area contributed by atoms with E-state index < -0.39 is 41.2 Å². The van der Waals surface area contributed by atoms with Crippen LogP contribution in [0.1, 0.15) is 27.7 Å². The molecule has 0 radical (unpaired) electrons. The molecule has 0 atom stereocenters. The molecule has 0 saturated carbocycles. The number of hydrogen-bond acceptors (Lipinski definition) is 8. The molecule has 0 bridgehead atoms. The molecular formula is C13H20NO8PS. The maximum Gasteiger partial charge on any atom is 0.358 e. The van der Waals surface area contributed by atoms with Crippen molar-refractivity contribution in [3.05, 3.63) is 34.4 Å². The second-order valence-electron chi connectivity index (χ2n) is 5.37. The number of rotatable bonds is 9. The van der Waals surface area contributed by atoms with E-state index >= 15 is 0 Å². The Morgan fingerprint density at radius 3 is 1.92 bits per heavy atom. The summed E-state index contributed by atoms with van der Waals surface area (Å²) in [6.45, 7) is 6.50. The minimum Gasteiger partial charge on any atom is -0.304 e. The van der Waals surface area contributed by atoms with E-state index in [9.17, 15) is 23.1 Å². The topological polar surface area (TPSA) is 122 Å². The molecule has 0 aliphatic rings. The van der Waals surface area contributed by atoms with E-state index in [1.807, 2.05) is 0 Å². The van der Waals surface area contributed by atoms with Crippen LogP contribution < -0.4 is 0 Å². The van der Waals surface area contributed by atoms with Crippen LogP contribution in [0.25, 0.3) is 0 Å². The van der Waals surface area contributed by atoms with Crippen LogP contribution in [0, 0.1) is 10.1 Å². The van der Waals surface area contributed by atoms with Gasteiger partial charge in [-0.2, -0.15) is 8.42 Å². The van der Waals surface area contributed by atoms with Gasteiger partial charge in [-0.1, -0.05) is 0 Å². The molecule has 0 spiro atoms. The zero-order valence-electron chi connectivity index (χ0n) is 13.7. The highest BCUT2D eigenvalue weighted by molar-refractivity contribution is 7.87. The summed E-state index contributed by atoms with van der Waals surface area (Å²) in [5.74, 6) is 0. The molecule has 0 fully saturated rings. The first kappa shape index (κ1) is 20.7. The van der Waals surface area contributed by atoms with E-state index in [-0.39, 0.29) is 10.6 Å². The summed E-state index contributed by atoms with van der Waals surface area (Å²) in [6.07, 6.45) is -1.71. The van der Waals surface area contributed by atoms with Gasteiger partial charge in [0.2, 0.25) is 0 Å². The van der Waals surface area contributed by atoms with Gasteiger partial charge < -0.3 is 9.05 Å². The highest BCUT2D eigenvalue weighted by Gasteiger charge is 2.31. The third-order valence-corrected chi connectivity index (χ3v) is 5.83. The molecule has 0 heterocycles. The average molecular weight is 381 g/mol. The third kappa shape index (κ3) is 6.29. The Bertz CT molecular complexity index is 700. The predicted molar refractivity (Wildman–Crippen MR) is 86.3 cm³/mol. The lowest BCUT2D eigenvalue weighted by atomic mass is 10.3. The van der Waals surface area contributed by atoms with Crippen LogP contribution in [0.15, 0.2) is 29.2 Å². The van der Waals surface area contributed by atoms with Crippen LogP contribution >= 0.6 is 7.60 Å². The van der Waals surface area contributed by atoms with Gasteiger partial charge in [0, 0.05) is 12.1 Å². The first-order valence-corrected chi connectivity index (χ1v) is 10.2. The van der Waals surface area contributed by atoms with E-state index in [0.717, 1.165) is 24.3 Å². The standard InChI is InChI=1S/C13H20NO8PS/c1-10(2)21-23(17,22-11(3)4)9-20-24(18,19)13-7-5-12(6-8-13)14(15)16/h5-8,10-11H,9H2,1-4H3. The maximum absolute atomic E-state index is 12.5. The largest absolute Gasteiger partial charge is 0.358 e. The highest BCUT2D eigenvalue weighted by Crippen LogP contribution is 2.50. The van der Waals surface area contributed by atoms with Crippen molar-refractivity contribution in [2.24, 2.45) is 0 Å². The van der Waals surface area contributed by atoms with Gasteiger partial charge in [0.05, 0.1) is 22.0 Å². The fraction of sp³-hybridized carbons (Fsp3) is 0.538. The summed E-state index contributed by atoms with van der Waals surface area (Å²) >= 11 is 0. The molecule has 0 aliphatic heterocycles. The highest BCUT2D eigenvalue weighted by atomic mass is 32.2. The monoisotopic (exact) mass is 381 g/mol. The maximum atomic E-state index is 12.5. The predicted octanol–water partition coefficient (Wildman–Crippen LogP) is 3.30. The van der Waals surface area contributed by atoms with Crippen molar-refractivity contribution < 1.29 is 31.1 Å². The number of non-ortho nitro benzene ring substituents is 1. The molecule has 0 saturated heterocycles. The van der Waals surface area contributed by atoms with Gasteiger partial charge in [-0.05, 0) is 39.8 Å². The normalized spacial score (nSPS) is 12.8. The summed E-state index contributed by atoms with van der Waals surface area (Å²) in [4.78, 5) is 9.63. The van der Waals surface area contributed by atoms with Gasteiger partial charge in [-0.3, -0.25) is 18.9 Å². The smallest absolute Gasteiger partial charge is 0.304 e. The molecule has 0 aromatic heterocycles. The Labute approximate surface area is 140 Å². The molecule has 1 aromatic carbocycles. The Kier molecular flexibility index (Phi) is 7.06. The van der Waals surface area contributed by atoms with Crippen LogP contribution in [-0.4, -0.2) is 31.9 Å². The third-order valence-electron chi connectivity index (χ3n) is 2.45. The number of nitrogens with zero attached hydrogens (tertiary/aromatic N) is 1. The van der Waals surface area contributed by atoms with E-state index in [1.54, 1.807) is 27.7 Å². The molecule has 1 rings (SSSR count). The molecular weight excluding hydrogens is 361 g/mol. The van der Waals surface area contributed by atoms with E-state index in [4.69, 9.17) is 13.2 Å². The van der Waals surface area contributed by atoms with Crippen LogP contribution in [-0.2, 0) is 27.9 Å². The Hall–Kier alpha value is -1.32. The molecule has 136 valence electrons. The molecule has 0 unspecified atom stereocenters. The fourth-order valence-electron chi connectivity index (χ4n) is 1.66. The quantitative estimate of drug-likeness (QED) is 0.276. The zero-order valence-corrected chi connectivity index (χ0v) is 15.5. The molecule has 1 aromatic rings. The number of nitro groups is 1. The fourth-order valence-corrected chi connectivity index (χ4v) is 4.80. The second kappa shape index (κ2) is 8.17. The van der Waals surface area contributed by atoms with Crippen molar-refractivity contribution in [2.75, 3.05) is 6.35 Å². The van der Waals surface area contributed by atoms with Crippen molar-refractivity contribution in [1.29, 1.82) is 0 Å². The van der Waals surface area contributed by atoms with Crippen LogP contribution in [0.2, 0.25) is 0 Å².